The van der Waals surface area contributed by atoms with Crippen molar-refractivity contribution < 1.29 is 9.90 Å². The first-order valence-electron chi connectivity index (χ1n) is 6.76. The van der Waals surface area contributed by atoms with Gasteiger partial charge in [-0.3, -0.25) is 9.48 Å². The zero-order valence-electron chi connectivity index (χ0n) is 12.1. The highest BCUT2D eigenvalue weighted by Crippen LogP contribution is 2.20. The first-order chi connectivity index (χ1) is 9.97. The molecule has 2 aromatic heterocycles. The third-order valence-corrected chi connectivity index (χ3v) is 4.26. The minimum atomic E-state index is -0.755. The van der Waals surface area contributed by atoms with Gasteiger partial charge in [0.25, 0.3) is 0 Å². The van der Waals surface area contributed by atoms with Crippen LogP contribution >= 0.6 is 15.9 Å². The number of nitrogens with zero attached hydrogens (tertiary/aromatic N) is 5. The highest BCUT2D eigenvalue weighted by atomic mass is 79.9. The van der Waals surface area contributed by atoms with Crippen molar-refractivity contribution in [2.24, 2.45) is 7.05 Å². The molecule has 7 nitrogen and oxygen atoms in total. The van der Waals surface area contributed by atoms with Gasteiger partial charge in [0.1, 0.15) is 0 Å². The van der Waals surface area contributed by atoms with E-state index in [0.29, 0.717) is 13.0 Å². The van der Waals surface area contributed by atoms with Gasteiger partial charge in [0.15, 0.2) is 0 Å². The number of aryl methyl sites for hydroxylation is 3. The predicted molar refractivity (Wildman–Crippen MR) is 80.0 cm³/mol. The Balaban J connectivity index is 1.92. The Kier molecular flexibility index (Phi) is 5.11. The summed E-state index contributed by atoms with van der Waals surface area (Å²) < 4.78 is 4.59. The Hall–Kier alpha value is -1.70. The lowest BCUT2D eigenvalue weighted by Crippen LogP contribution is -2.06. The lowest BCUT2D eigenvalue weighted by Gasteiger charge is -2.02. The Bertz CT molecular complexity index is 635. The second kappa shape index (κ2) is 6.84. The zero-order chi connectivity index (χ0) is 15.4. The molecule has 0 aromatic carbocycles. The highest BCUT2D eigenvalue weighted by Gasteiger charge is 2.12. The van der Waals surface area contributed by atoms with E-state index in [2.05, 4.69) is 31.3 Å². The quantitative estimate of drug-likeness (QED) is 0.766. The number of aromatic nitrogens is 5. The summed E-state index contributed by atoms with van der Waals surface area (Å²) in [6.45, 7) is 2.54. The molecule has 0 saturated heterocycles. The molecule has 21 heavy (non-hydrogen) atoms. The van der Waals surface area contributed by atoms with E-state index >= 15 is 0 Å². The largest absolute Gasteiger partial charge is 0.481 e. The average Bonchev–Trinajstić information content (AvgIpc) is 2.95. The summed E-state index contributed by atoms with van der Waals surface area (Å²) in [6.07, 6.45) is 4.32. The monoisotopic (exact) mass is 355 g/mol. The molecule has 0 fully saturated rings. The maximum Gasteiger partial charge on any atom is 0.303 e. The average molecular weight is 356 g/mol. The van der Waals surface area contributed by atoms with E-state index in [1.54, 1.807) is 4.68 Å². The number of hydrogen-bond acceptors (Lipinski definition) is 4. The van der Waals surface area contributed by atoms with E-state index in [-0.39, 0.29) is 6.42 Å². The molecule has 0 spiro atoms. The van der Waals surface area contributed by atoms with Gasteiger partial charge in [-0.25, -0.2) is 4.68 Å². The van der Waals surface area contributed by atoms with Crippen molar-refractivity contribution >= 4 is 21.9 Å². The van der Waals surface area contributed by atoms with Crippen molar-refractivity contribution in [1.82, 2.24) is 24.8 Å². The molecule has 2 heterocycles. The van der Waals surface area contributed by atoms with Crippen molar-refractivity contribution in [3.63, 3.8) is 0 Å². The first kappa shape index (κ1) is 15.7. The summed E-state index contributed by atoms with van der Waals surface area (Å²) in [5.74, 6) is -0.755. The summed E-state index contributed by atoms with van der Waals surface area (Å²) >= 11 is 3.53. The van der Waals surface area contributed by atoms with Crippen LogP contribution in [0.4, 0.5) is 0 Å². The summed E-state index contributed by atoms with van der Waals surface area (Å²) in [5, 5.41) is 21.2. The predicted octanol–water partition coefficient (Wildman–Crippen LogP) is 1.93. The summed E-state index contributed by atoms with van der Waals surface area (Å²) in [6, 6.07) is 0. The van der Waals surface area contributed by atoms with Crippen LogP contribution < -0.4 is 0 Å². The van der Waals surface area contributed by atoms with E-state index in [1.807, 2.05) is 24.9 Å². The van der Waals surface area contributed by atoms with Gasteiger partial charge >= 0.3 is 5.97 Å². The van der Waals surface area contributed by atoms with Gasteiger partial charge in [-0.05, 0) is 42.1 Å². The molecule has 1 N–H and O–H groups in total. The van der Waals surface area contributed by atoms with Crippen molar-refractivity contribution in [2.45, 2.75) is 39.2 Å². The van der Waals surface area contributed by atoms with Gasteiger partial charge in [0.05, 0.1) is 28.1 Å². The maximum atomic E-state index is 10.4. The molecule has 114 valence electrons. The van der Waals surface area contributed by atoms with Crippen LogP contribution in [0, 0.1) is 6.92 Å². The SMILES string of the molecule is Cc1nn(C)c(Cn2cc(CCCCC(=O)O)nn2)c1Br. The molecule has 0 aliphatic carbocycles. The molecular weight excluding hydrogens is 338 g/mol. The summed E-state index contributed by atoms with van der Waals surface area (Å²) in [7, 11) is 1.90. The fraction of sp³-hybridized carbons (Fsp3) is 0.538. The first-order valence-corrected chi connectivity index (χ1v) is 7.55. The van der Waals surface area contributed by atoms with E-state index in [0.717, 1.165) is 34.4 Å². The lowest BCUT2D eigenvalue weighted by atomic mass is 10.1. The van der Waals surface area contributed by atoms with Crippen LogP contribution in [0.2, 0.25) is 0 Å². The second-order valence-electron chi connectivity index (χ2n) is 4.98. The maximum absolute atomic E-state index is 10.4. The minimum Gasteiger partial charge on any atom is -0.481 e. The molecule has 0 aliphatic heterocycles. The number of carbonyl (C=O) groups is 1. The third kappa shape index (κ3) is 4.13. The van der Waals surface area contributed by atoms with E-state index in [9.17, 15) is 4.79 Å². The number of carboxylic acid groups (broad SMARTS) is 1. The van der Waals surface area contributed by atoms with Crippen molar-refractivity contribution in [1.29, 1.82) is 0 Å². The molecule has 2 aromatic rings. The van der Waals surface area contributed by atoms with E-state index < -0.39 is 5.97 Å². The molecule has 0 bridgehead atoms. The van der Waals surface area contributed by atoms with Gasteiger partial charge in [-0.15, -0.1) is 5.10 Å². The number of rotatable bonds is 7. The standard InChI is InChI=1S/C13H18BrN5O2/c1-9-13(14)11(18(2)16-9)8-19-7-10(15-17-19)5-3-4-6-12(20)21/h7H,3-6,8H2,1-2H3,(H,20,21). The van der Waals surface area contributed by atoms with Gasteiger partial charge in [0.2, 0.25) is 0 Å². The number of aliphatic carboxylic acids is 1. The van der Waals surface area contributed by atoms with Gasteiger partial charge < -0.3 is 5.11 Å². The molecule has 0 amide bonds. The third-order valence-electron chi connectivity index (χ3n) is 3.23. The molecule has 0 unspecified atom stereocenters. The normalized spacial score (nSPS) is 11.0. The molecule has 8 heteroatoms. The minimum absolute atomic E-state index is 0.204. The molecule has 0 saturated carbocycles. The Morgan fingerprint density at radius 3 is 2.81 bits per heavy atom. The Morgan fingerprint density at radius 2 is 2.19 bits per heavy atom. The highest BCUT2D eigenvalue weighted by molar-refractivity contribution is 9.10. The summed E-state index contributed by atoms with van der Waals surface area (Å²) in [5.41, 5.74) is 2.87. The van der Waals surface area contributed by atoms with Crippen LogP contribution in [0.25, 0.3) is 0 Å². The summed E-state index contributed by atoms with van der Waals surface area (Å²) in [4.78, 5) is 10.4. The van der Waals surface area contributed by atoms with E-state index in [1.165, 1.54) is 0 Å². The molecule has 2 rings (SSSR count). The van der Waals surface area contributed by atoms with Crippen LogP contribution in [-0.4, -0.2) is 35.9 Å². The number of hydrogen-bond donors (Lipinski definition) is 1. The van der Waals surface area contributed by atoms with Crippen molar-refractivity contribution in [2.75, 3.05) is 0 Å². The van der Waals surface area contributed by atoms with Crippen LogP contribution in [0.5, 0.6) is 0 Å². The number of carboxylic acids is 1. The smallest absolute Gasteiger partial charge is 0.303 e. The molecule has 0 aliphatic rings. The Morgan fingerprint density at radius 1 is 1.43 bits per heavy atom. The van der Waals surface area contributed by atoms with Gasteiger partial charge in [0, 0.05) is 19.7 Å². The van der Waals surface area contributed by atoms with Crippen molar-refractivity contribution in [3.8, 4) is 0 Å². The zero-order valence-corrected chi connectivity index (χ0v) is 13.7. The molecule has 0 atom stereocenters. The lowest BCUT2D eigenvalue weighted by molar-refractivity contribution is -0.137. The fourth-order valence-electron chi connectivity index (χ4n) is 2.12. The van der Waals surface area contributed by atoms with E-state index in [4.69, 9.17) is 5.11 Å². The van der Waals surface area contributed by atoms with Crippen LogP contribution in [0.1, 0.15) is 36.3 Å². The fourth-order valence-corrected chi connectivity index (χ4v) is 2.58. The van der Waals surface area contributed by atoms with Crippen LogP contribution in [-0.2, 0) is 24.8 Å². The molecular formula is C13H18BrN5O2. The van der Waals surface area contributed by atoms with Crippen LogP contribution in [0.3, 0.4) is 0 Å². The van der Waals surface area contributed by atoms with Crippen molar-refractivity contribution in [3.05, 3.63) is 27.8 Å². The second-order valence-corrected chi connectivity index (χ2v) is 5.77. The van der Waals surface area contributed by atoms with Gasteiger partial charge in [-0.2, -0.15) is 5.10 Å². The molecule has 0 radical (unpaired) electrons. The number of halogens is 1. The number of unbranched alkanes of at least 4 members (excludes halogenated alkanes) is 1. The van der Waals surface area contributed by atoms with Crippen LogP contribution in [0.15, 0.2) is 10.7 Å². The van der Waals surface area contributed by atoms with Gasteiger partial charge in [-0.1, -0.05) is 5.21 Å². The topological polar surface area (TPSA) is 85.8 Å². The Labute approximate surface area is 131 Å².